The molecule has 0 N–H and O–H groups in total. The molecule has 0 aromatic carbocycles. The summed E-state index contributed by atoms with van der Waals surface area (Å²) in [7, 11) is 0. The number of hydrogen-bond donors (Lipinski definition) is 0. The fraction of sp³-hybridized carbons (Fsp3) is 1.00. The van der Waals surface area contributed by atoms with Crippen LogP contribution in [0, 0.1) is 5.41 Å². The molecule has 0 amide bonds. The summed E-state index contributed by atoms with van der Waals surface area (Å²) in [4.78, 5) is 0. The summed E-state index contributed by atoms with van der Waals surface area (Å²) in [5.41, 5.74) is -1.73. The van der Waals surface area contributed by atoms with Crippen LogP contribution in [-0.4, -0.2) is 0 Å². The summed E-state index contributed by atoms with van der Waals surface area (Å²) in [5, 5.41) is 0. The number of hydrogen-bond acceptors (Lipinski definition) is 0. The van der Waals surface area contributed by atoms with E-state index in [2.05, 4.69) is 0 Å². The molecule has 1 aliphatic carbocycles. The summed E-state index contributed by atoms with van der Waals surface area (Å²) >= 11 is 0. The van der Waals surface area contributed by atoms with Crippen LogP contribution in [0.1, 0.15) is 50.3 Å². The van der Waals surface area contributed by atoms with Crippen molar-refractivity contribution in [3.05, 3.63) is 0 Å². The molecule has 1 aliphatic rings. The van der Waals surface area contributed by atoms with Gasteiger partial charge in [0.05, 0.1) is 0 Å². The van der Waals surface area contributed by atoms with E-state index in [1.807, 2.05) is 0 Å². The Kier molecular flexibility index (Phi) is 0.240. The van der Waals surface area contributed by atoms with Crippen molar-refractivity contribution in [1.29, 1.82) is 0 Å². The number of rotatable bonds is 0. The molecule has 0 heteroatoms. The van der Waals surface area contributed by atoms with Gasteiger partial charge in [0.25, 0.3) is 0 Å². The molecule has 0 atom stereocenters. The second kappa shape index (κ2) is 1.50. The van der Waals surface area contributed by atoms with Crippen molar-refractivity contribution in [1.82, 2.24) is 0 Å². The van der Waals surface area contributed by atoms with Crippen molar-refractivity contribution < 1.29 is 11.0 Å². The largest absolute Gasteiger partial charge is 0.0599 e. The first-order valence-corrected chi connectivity index (χ1v) is 2.25. The predicted molar refractivity (Wildman–Crippen MR) is 32.2 cm³/mol. The topological polar surface area (TPSA) is 0 Å². The highest BCUT2D eigenvalue weighted by Gasteiger charge is 2.21. The Morgan fingerprint density at radius 2 is 1.71 bits per heavy atom. The fourth-order valence-corrected chi connectivity index (χ4v) is 0.406. The third kappa shape index (κ3) is 1.19. The molecular formula is C7H14. The highest BCUT2D eigenvalue weighted by Crippen LogP contribution is 2.36. The molecule has 0 bridgehead atoms. The monoisotopic (exact) mass is 106 g/mol. The van der Waals surface area contributed by atoms with Gasteiger partial charge in [0, 0.05) is 11.0 Å². The third-order valence-electron chi connectivity index (χ3n) is 0.812. The van der Waals surface area contributed by atoms with E-state index in [0.717, 1.165) is 0 Å². The minimum atomic E-state index is -2.85. The van der Waals surface area contributed by atoms with E-state index in [1.165, 1.54) is 13.8 Å². The van der Waals surface area contributed by atoms with Gasteiger partial charge in [-0.05, 0) is 18.2 Å². The molecular weight excluding hydrogens is 84.1 g/mol. The summed E-state index contributed by atoms with van der Waals surface area (Å²) in [5.74, 6) is 0. The van der Waals surface area contributed by atoms with E-state index in [4.69, 9.17) is 11.0 Å². The van der Waals surface area contributed by atoms with Crippen molar-refractivity contribution in [2.45, 2.75) is 39.3 Å². The Bertz CT molecular complexity index is 200. The first kappa shape index (κ1) is 1.12. The Morgan fingerprint density at radius 3 is 1.86 bits per heavy atom. The predicted octanol–water partition coefficient (Wildman–Crippen LogP) is 2.59. The maximum absolute atomic E-state index is 7.61. The summed E-state index contributed by atoms with van der Waals surface area (Å²) in [6.45, 7) is 2.44. The van der Waals surface area contributed by atoms with Gasteiger partial charge in [-0.3, -0.25) is 0 Å². The van der Waals surface area contributed by atoms with E-state index >= 15 is 0 Å². The first-order chi connectivity index (χ1) is 6.25. The van der Waals surface area contributed by atoms with Crippen LogP contribution >= 0.6 is 0 Å². The van der Waals surface area contributed by atoms with Crippen molar-refractivity contribution in [3.63, 3.8) is 0 Å². The van der Waals surface area contributed by atoms with Gasteiger partial charge in [0.2, 0.25) is 0 Å². The van der Waals surface area contributed by atoms with Crippen molar-refractivity contribution >= 4 is 0 Å². The van der Waals surface area contributed by atoms with Gasteiger partial charge in [-0.15, -0.1) is 0 Å². The second-order valence-electron chi connectivity index (χ2n) is 2.12. The van der Waals surface area contributed by atoms with Crippen LogP contribution in [0.5, 0.6) is 0 Å². The Balaban J connectivity index is 3.55. The lowest BCUT2D eigenvalue weighted by atomic mass is 9.92. The van der Waals surface area contributed by atoms with Crippen molar-refractivity contribution in [2.75, 3.05) is 0 Å². The lowest BCUT2D eigenvalue weighted by molar-refractivity contribution is 0.382. The van der Waals surface area contributed by atoms with Gasteiger partial charge in [-0.1, -0.05) is 26.6 Å². The van der Waals surface area contributed by atoms with Crippen molar-refractivity contribution in [2.24, 2.45) is 5.41 Å². The van der Waals surface area contributed by atoms with Gasteiger partial charge in [0.15, 0.2) is 0 Å². The Hall–Kier alpha value is 0. The van der Waals surface area contributed by atoms with Crippen LogP contribution in [0.25, 0.3) is 0 Å². The van der Waals surface area contributed by atoms with Gasteiger partial charge in [0.1, 0.15) is 0 Å². The molecule has 0 aromatic heterocycles. The maximum atomic E-state index is 7.61. The zero-order valence-corrected chi connectivity index (χ0v) is 4.50. The standard InChI is InChI=1S/C7H14/c1-7(2)5-3-4-6-7/h3-6H2,1-2H3/i3D2,4D2,5D2,6D2. The van der Waals surface area contributed by atoms with Crippen LogP contribution in [0.15, 0.2) is 0 Å². The quantitative estimate of drug-likeness (QED) is 0.445. The molecule has 1 rings (SSSR count). The Labute approximate surface area is 57.2 Å². The molecule has 0 aromatic rings. The normalized spacial score (nSPS) is 74.0. The van der Waals surface area contributed by atoms with Crippen LogP contribution in [0.3, 0.4) is 0 Å². The second-order valence-corrected chi connectivity index (χ2v) is 2.12. The smallest absolute Gasteiger partial charge is 0.0272 e. The molecule has 0 aliphatic heterocycles. The molecule has 0 spiro atoms. The highest BCUT2D eigenvalue weighted by molar-refractivity contribution is 4.74. The van der Waals surface area contributed by atoms with E-state index in [0.29, 0.717) is 0 Å². The lowest BCUT2D eigenvalue weighted by Gasteiger charge is -2.13. The molecule has 0 heterocycles. The molecule has 7 heavy (non-hydrogen) atoms. The SMILES string of the molecule is [2H]C1([2H])C([2H])([2H])C([2H])([2H])C(C)(C)C1([2H])[2H]. The summed E-state index contributed by atoms with van der Waals surface area (Å²) in [6.07, 6.45) is -10.8. The van der Waals surface area contributed by atoms with Crippen LogP contribution in [0.2, 0.25) is 0 Å². The van der Waals surface area contributed by atoms with Gasteiger partial charge in [-0.25, -0.2) is 0 Å². The van der Waals surface area contributed by atoms with Crippen LogP contribution < -0.4 is 0 Å². The van der Waals surface area contributed by atoms with E-state index in [1.54, 1.807) is 0 Å². The van der Waals surface area contributed by atoms with Crippen molar-refractivity contribution in [3.8, 4) is 0 Å². The average Bonchev–Trinajstić information content (AvgIpc) is 2.04. The van der Waals surface area contributed by atoms with Gasteiger partial charge >= 0.3 is 0 Å². The average molecular weight is 106 g/mol. The minimum Gasteiger partial charge on any atom is -0.0599 e. The fourth-order valence-electron chi connectivity index (χ4n) is 0.406. The Morgan fingerprint density at radius 1 is 1.29 bits per heavy atom. The van der Waals surface area contributed by atoms with Gasteiger partial charge < -0.3 is 0 Å². The molecule has 0 radical (unpaired) electrons. The van der Waals surface area contributed by atoms with E-state index in [-0.39, 0.29) is 0 Å². The summed E-state index contributed by atoms with van der Waals surface area (Å²) < 4.78 is 60.4. The van der Waals surface area contributed by atoms with E-state index < -0.39 is 30.9 Å². The summed E-state index contributed by atoms with van der Waals surface area (Å²) in [6, 6.07) is 0. The maximum Gasteiger partial charge on any atom is 0.0272 e. The third-order valence-corrected chi connectivity index (χ3v) is 0.812. The molecule has 0 unspecified atom stereocenters. The zero-order valence-electron chi connectivity index (χ0n) is 12.5. The zero-order chi connectivity index (χ0) is 12.5. The molecule has 1 fully saturated rings. The van der Waals surface area contributed by atoms with Gasteiger partial charge in [-0.2, -0.15) is 0 Å². The first-order valence-electron chi connectivity index (χ1n) is 6.25. The molecule has 0 nitrogen and oxygen atoms in total. The highest BCUT2D eigenvalue weighted by atomic mass is 14.3. The van der Waals surface area contributed by atoms with Crippen LogP contribution in [0.4, 0.5) is 0 Å². The molecule has 1 saturated carbocycles. The molecule has 42 valence electrons. The lowest BCUT2D eigenvalue weighted by Crippen LogP contribution is -2.01. The van der Waals surface area contributed by atoms with E-state index in [9.17, 15) is 0 Å². The van der Waals surface area contributed by atoms with Crippen LogP contribution in [-0.2, 0) is 0 Å². The minimum absolute atomic E-state index is 1.22. The molecule has 0 saturated heterocycles.